The second-order valence-electron chi connectivity index (χ2n) is 6.21. The van der Waals surface area contributed by atoms with Gasteiger partial charge < -0.3 is 0 Å². The number of fused-ring (bicyclic) bond motifs is 1. The summed E-state index contributed by atoms with van der Waals surface area (Å²) >= 11 is 0. The molecule has 2 aliphatic heterocycles. The molecule has 3 heteroatoms. The van der Waals surface area contributed by atoms with Crippen LogP contribution in [0.1, 0.15) is 31.0 Å². The SMILES string of the molecule is CC1(C)N=C(c2ccccc2)C2C(c3ccc(F)cc3)N21. The maximum Gasteiger partial charge on any atom is 0.123 e. The van der Waals surface area contributed by atoms with Crippen LogP contribution in [0.15, 0.2) is 59.6 Å². The van der Waals surface area contributed by atoms with E-state index in [-0.39, 0.29) is 11.5 Å². The van der Waals surface area contributed by atoms with Crippen molar-refractivity contribution in [3.63, 3.8) is 0 Å². The van der Waals surface area contributed by atoms with E-state index in [1.165, 1.54) is 17.7 Å². The summed E-state index contributed by atoms with van der Waals surface area (Å²) in [5, 5.41) is 0. The van der Waals surface area contributed by atoms with Gasteiger partial charge in [-0.05, 0) is 37.1 Å². The topological polar surface area (TPSA) is 15.4 Å². The summed E-state index contributed by atoms with van der Waals surface area (Å²) < 4.78 is 13.1. The van der Waals surface area contributed by atoms with Gasteiger partial charge >= 0.3 is 0 Å². The maximum atomic E-state index is 13.1. The highest BCUT2D eigenvalue weighted by atomic mass is 19.1. The van der Waals surface area contributed by atoms with Crippen molar-refractivity contribution in [3.05, 3.63) is 71.5 Å². The van der Waals surface area contributed by atoms with Crippen LogP contribution in [0.5, 0.6) is 0 Å². The Morgan fingerprint density at radius 1 is 0.952 bits per heavy atom. The Hall–Kier alpha value is -2.00. The Bertz CT molecular complexity index is 704. The molecule has 0 aliphatic carbocycles. The Morgan fingerprint density at radius 2 is 1.62 bits per heavy atom. The molecule has 0 bridgehead atoms. The zero-order valence-electron chi connectivity index (χ0n) is 12.1. The minimum Gasteiger partial charge on any atom is -0.266 e. The zero-order valence-corrected chi connectivity index (χ0v) is 12.1. The van der Waals surface area contributed by atoms with Crippen molar-refractivity contribution in [2.75, 3.05) is 0 Å². The van der Waals surface area contributed by atoms with E-state index in [1.807, 2.05) is 30.3 Å². The predicted molar refractivity (Wildman–Crippen MR) is 81.8 cm³/mol. The highest BCUT2D eigenvalue weighted by molar-refractivity contribution is 6.08. The van der Waals surface area contributed by atoms with Crippen molar-refractivity contribution in [1.82, 2.24) is 4.90 Å². The second kappa shape index (κ2) is 4.25. The van der Waals surface area contributed by atoms with Crippen LogP contribution >= 0.6 is 0 Å². The number of aliphatic imine (C=N–C) groups is 1. The van der Waals surface area contributed by atoms with Crippen LogP contribution in [-0.2, 0) is 0 Å². The van der Waals surface area contributed by atoms with Gasteiger partial charge in [0.25, 0.3) is 0 Å². The van der Waals surface area contributed by atoms with Gasteiger partial charge in [0.15, 0.2) is 0 Å². The number of nitrogens with zero attached hydrogens (tertiary/aromatic N) is 2. The molecule has 21 heavy (non-hydrogen) atoms. The lowest BCUT2D eigenvalue weighted by Gasteiger charge is -2.20. The fourth-order valence-electron chi connectivity index (χ4n) is 3.46. The molecule has 1 fully saturated rings. The first-order chi connectivity index (χ1) is 10.1. The minimum absolute atomic E-state index is 0.184. The third-order valence-corrected chi connectivity index (χ3v) is 4.40. The quantitative estimate of drug-likeness (QED) is 0.764. The first kappa shape index (κ1) is 12.7. The fraction of sp³-hybridized carbons (Fsp3) is 0.278. The first-order valence-corrected chi connectivity index (χ1v) is 7.27. The molecule has 2 heterocycles. The molecule has 2 nitrogen and oxygen atoms in total. The van der Waals surface area contributed by atoms with E-state index in [4.69, 9.17) is 4.99 Å². The van der Waals surface area contributed by atoms with Crippen molar-refractivity contribution in [2.24, 2.45) is 4.99 Å². The molecule has 2 aromatic carbocycles. The largest absolute Gasteiger partial charge is 0.266 e. The highest BCUT2D eigenvalue weighted by Gasteiger charge is 2.62. The minimum atomic E-state index is -0.200. The Labute approximate surface area is 123 Å². The summed E-state index contributed by atoms with van der Waals surface area (Å²) in [7, 11) is 0. The van der Waals surface area contributed by atoms with Gasteiger partial charge in [0.05, 0.1) is 17.8 Å². The summed E-state index contributed by atoms with van der Waals surface area (Å²) in [5.41, 5.74) is 3.30. The summed E-state index contributed by atoms with van der Waals surface area (Å²) in [4.78, 5) is 7.27. The fourth-order valence-corrected chi connectivity index (χ4v) is 3.46. The second-order valence-corrected chi connectivity index (χ2v) is 6.21. The van der Waals surface area contributed by atoms with Crippen molar-refractivity contribution < 1.29 is 4.39 Å². The van der Waals surface area contributed by atoms with Crippen LogP contribution in [0, 0.1) is 5.82 Å². The van der Waals surface area contributed by atoms with Gasteiger partial charge in [-0.2, -0.15) is 0 Å². The molecule has 3 atom stereocenters. The van der Waals surface area contributed by atoms with E-state index in [2.05, 4.69) is 30.9 Å². The van der Waals surface area contributed by atoms with E-state index in [0.29, 0.717) is 12.1 Å². The average Bonchev–Trinajstić information content (AvgIpc) is 3.16. The molecular weight excluding hydrogens is 263 g/mol. The van der Waals surface area contributed by atoms with Crippen molar-refractivity contribution in [2.45, 2.75) is 31.6 Å². The van der Waals surface area contributed by atoms with E-state index in [0.717, 1.165) is 11.3 Å². The zero-order chi connectivity index (χ0) is 14.6. The Morgan fingerprint density at radius 3 is 2.29 bits per heavy atom. The van der Waals surface area contributed by atoms with Gasteiger partial charge in [0, 0.05) is 0 Å². The van der Waals surface area contributed by atoms with Gasteiger partial charge in [0.2, 0.25) is 0 Å². The van der Waals surface area contributed by atoms with Gasteiger partial charge in [0.1, 0.15) is 11.5 Å². The summed E-state index contributed by atoms with van der Waals surface area (Å²) in [5.74, 6) is -0.184. The van der Waals surface area contributed by atoms with Crippen molar-refractivity contribution in [3.8, 4) is 0 Å². The van der Waals surface area contributed by atoms with Crippen LogP contribution in [0.3, 0.4) is 0 Å². The van der Waals surface area contributed by atoms with E-state index in [1.54, 1.807) is 0 Å². The molecule has 0 N–H and O–H groups in total. The molecule has 0 radical (unpaired) electrons. The van der Waals surface area contributed by atoms with Crippen LogP contribution in [-0.4, -0.2) is 22.3 Å². The third-order valence-electron chi connectivity index (χ3n) is 4.40. The normalized spacial score (nSPS) is 28.9. The average molecular weight is 280 g/mol. The van der Waals surface area contributed by atoms with Crippen molar-refractivity contribution in [1.29, 1.82) is 0 Å². The lowest BCUT2D eigenvalue weighted by atomic mass is 10.0. The highest BCUT2D eigenvalue weighted by Crippen LogP contribution is 2.54. The molecule has 2 aromatic rings. The van der Waals surface area contributed by atoms with E-state index >= 15 is 0 Å². The lowest BCUT2D eigenvalue weighted by molar-refractivity contribution is 0.281. The van der Waals surface area contributed by atoms with Gasteiger partial charge in [-0.15, -0.1) is 0 Å². The number of hydrogen-bond donors (Lipinski definition) is 0. The van der Waals surface area contributed by atoms with Crippen molar-refractivity contribution >= 4 is 5.71 Å². The third kappa shape index (κ3) is 1.92. The molecule has 3 unspecified atom stereocenters. The molecule has 106 valence electrons. The summed E-state index contributed by atoms with van der Waals surface area (Å²) in [6.07, 6.45) is 0. The number of halogens is 1. The molecular formula is C18H17FN2. The molecule has 0 saturated carbocycles. The number of rotatable bonds is 2. The Balaban J connectivity index is 1.71. The van der Waals surface area contributed by atoms with Crippen LogP contribution in [0.25, 0.3) is 0 Å². The van der Waals surface area contributed by atoms with Gasteiger partial charge in [-0.25, -0.2) is 4.39 Å². The predicted octanol–water partition coefficient (Wildman–Crippen LogP) is 3.79. The van der Waals surface area contributed by atoms with Gasteiger partial charge in [-0.1, -0.05) is 42.5 Å². The lowest BCUT2D eigenvalue weighted by Crippen LogP contribution is -2.25. The molecule has 0 amide bonds. The molecule has 0 aromatic heterocycles. The molecule has 1 saturated heterocycles. The van der Waals surface area contributed by atoms with E-state index < -0.39 is 0 Å². The molecule has 2 aliphatic rings. The number of hydrogen-bond acceptors (Lipinski definition) is 2. The van der Waals surface area contributed by atoms with Gasteiger partial charge in [-0.3, -0.25) is 9.89 Å². The maximum absolute atomic E-state index is 13.1. The Kier molecular flexibility index (Phi) is 2.57. The standard InChI is InChI=1S/C18H17FN2/c1-18(2)20-15(12-6-4-3-5-7-12)17-16(21(17)18)13-8-10-14(19)11-9-13/h3-11,16-17H,1-2H3. The molecule has 0 spiro atoms. The number of benzene rings is 2. The van der Waals surface area contributed by atoms with Crippen LogP contribution in [0.2, 0.25) is 0 Å². The molecule has 4 rings (SSSR count). The summed E-state index contributed by atoms with van der Waals surface area (Å²) in [6.45, 7) is 4.28. The van der Waals surface area contributed by atoms with Crippen LogP contribution in [0.4, 0.5) is 4.39 Å². The van der Waals surface area contributed by atoms with Crippen LogP contribution < -0.4 is 0 Å². The first-order valence-electron chi connectivity index (χ1n) is 7.27. The smallest absolute Gasteiger partial charge is 0.123 e. The monoisotopic (exact) mass is 280 g/mol. The van der Waals surface area contributed by atoms with E-state index in [9.17, 15) is 4.39 Å². The summed E-state index contributed by atoms with van der Waals surface area (Å²) in [6, 6.07) is 17.8.